The van der Waals surface area contributed by atoms with E-state index in [9.17, 15) is 19.2 Å². The van der Waals surface area contributed by atoms with Crippen molar-refractivity contribution in [3.8, 4) is 0 Å². The number of benzene rings is 1. The van der Waals surface area contributed by atoms with Crippen LogP contribution in [0.1, 0.15) is 24.2 Å². The second kappa shape index (κ2) is 8.98. The molecule has 1 N–H and O–H groups in total. The highest BCUT2D eigenvalue weighted by Crippen LogP contribution is 2.14. The highest BCUT2D eigenvalue weighted by Gasteiger charge is 2.25. The maximum Gasteiger partial charge on any atom is 0.349 e. The molecule has 0 saturated heterocycles. The third kappa shape index (κ3) is 5.16. The van der Waals surface area contributed by atoms with Gasteiger partial charge in [0, 0.05) is 31.9 Å². The summed E-state index contributed by atoms with van der Waals surface area (Å²) < 4.78 is 9.91. The molecule has 0 fully saturated rings. The number of nitrogens with zero attached hydrogens (tertiary/aromatic N) is 1. The SMILES string of the molecule is COC(=O)C(C)CN(CCNC(C)=O)C(=O)c1cc2ccccc2oc1=O. The van der Waals surface area contributed by atoms with Crippen molar-refractivity contribution in [3.63, 3.8) is 0 Å². The van der Waals surface area contributed by atoms with Crippen LogP contribution in [-0.4, -0.2) is 49.4 Å². The van der Waals surface area contributed by atoms with E-state index in [4.69, 9.17) is 9.15 Å². The first-order chi connectivity index (χ1) is 12.8. The monoisotopic (exact) mass is 374 g/mol. The van der Waals surface area contributed by atoms with Gasteiger partial charge in [0.15, 0.2) is 0 Å². The summed E-state index contributed by atoms with van der Waals surface area (Å²) in [5.41, 5.74) is -0.505. The van der Waals surface area contributed by atoms with Gasteiger partial charge in [-0.2, -0.15) is 0 Å². The van der Waals surface area contributed by atoms with Crippen LogP contribution in [-0.2, 0) is 14.3 Å². The Morgan fingerprint density at radius 3 is 2.63 bits per heavy atom. The van der Waals surface area contributed by atoms with Crippen LogP contribution in [0.5, 0.6) is 0 Å². The molecule has 0 bridgehead atoms. The summed E-state index contributed by atoms with van der Waals surface area (Å²) in [6, 6.07) is 8.33. The quantitative estimate of drug-likeness (QED) is 0.576. The first-order valence-corrected chi connectivity index (χ1v) is 8.48. The Bertz CT molecular complexity index is 904. The van der Waals surface area contributed by atoms with E-state index < -0.39 is 23.4 Å². The van der Waals surface area contributed by atoms with Gasteiger partial charge in [-0.1, -0.05) is 25.1 Å². The second-order valence-corrected chi connectivity index (χ2v) is 6.14. The third-order valence-corrected chi connectivity index (χ3v) is 4.01. The first kappa shape index (κ1) is 20.2. The number of carbonyl (C=O) groups excluding carboxylic acids is 3. The Balaban J connectivity index is 2.31. The molecule has 27 heavy (non-hydrogen) atoms. The van der Waals surface area contributed by atoms with Crippen LogP contribution in [0.3, 0.4) is 0 Å². The van der Waals surface area contributed by atoms with Crippen LogP contribution < -0.4 is 10.9 Å². The van der Waals surface area contributed by atoms with Gasteiger partial charge in [-0.25, -0.2) is 4.79 Å². The van der Waals surface area contributed by atoms with Crippen molar-refractivity contribution >= 4 is 28.8 Å². The maximum atomic E-state index is 12.9. The van der Waals surface area contributed by atoms with Crippen LogP contribution in [0, 0.1) is 5.92 Å². The number of hydrogen-bond acceptors (Lipinski definition) is 6. The van der Waals surface area contributed by atoms with Gasteiger partial charge in [0.05, 0.1) is 13.0 Å². The van der Waals surface area contributed by atoms with Gasteiger partial charge in [0.25, 0.3) is 5.91 Å². The number of hydrogen-bond donors (Lipinski definition) is 1. The fraction of sp³-hybridized carbons (Fsp3) is 0.368. The van der Waals surface area contributed by atoms with E-state index in [2.05, 4.69) is 5.32 Å². The van der Waals surface area contributed by atoms with Crippen LogP contribution in [0.4, 0.5) is 0 Å². The Morgan fingerprint density at radius 1 is 1.26 bits per heavy atom. The minimum Gasteiger partial charge on any atom is -0.469 e. The summed E-state index contributed by atoms with van der Waals surface area (Å²) in [6.07, 6.45) is 0. The van der Waals surface area contributed by atoms with E-state index in [1.54, 1.807) is 31.2 Å². The van der Waals surface area contributed by atoms with E-state index in [0.29, 0.717) is 11.0 Å². The molecule has 1 aromatic carbocycles. The van der Waals surface area contributed by atoms with Crippen LogP contribution in [0.25, 0.3) is 11.0 Å². The summed E-state index contributed by atoms with van der Waals surface area (Å²) in [6.45, 7) is 3.34. The molecule has 1 unspecified atom stereocenters. The molecule has 144 valence electrons. The van der Waals surface area contributed by atoms with Gasteiger partial charge in [0.2, 0.25) is 5.91 Å². The lowest BCUT2D eigenvalue weighted by Crippen LogP contribution is -2.43. The fourth-order valence-corrected chi connectivity index (χ4v) is 2.63. The average molecular weight is 374 g/mol. The standard InChI is InChI=1S/C19H22N2O6/c1-12(18(24)26-3)11-21(9-8-20-13(2)22)17(23)15-10-14-6-4-5-7-16(14)27-19(15)25/h4-7,10,12H,8-9,11H2,1-3H3,(H,20,22). The number of para-hydroxylation sites is 1. The second-order valence-electron chi connectivity index (χ2n) is 6.14. The number of ether oxygens (including phenoxy) is 1. The Labute approximate surface area is 156 Å². The van der Waals surface area contributed by atoms with Crippen molar-refractivity contribution in [1.29, 1.82) is 0 Å². The van der Waals surface area contributed by atoms with Crippen molar-refractivity contribution in [3.05, 3.63) is 46.3 Å². The van der Waals surface area contributed by atoms with Crippen molar-refractivity contribution in [2.75, 3.05) is 26.7 Å². The van der Waals surface area contributed by atoms with Gasteiger partial charge in [-0.3, -0.25) is 14.4 Å². The minimum atomic E-state index is -0.756. The molecule has 1 atom stereocenters. The van der Waals surface area contributed by atoms with Gasteiger partial charge in [0.1, 0.15) is 11.1 Å². The van der Waals surface area contributed by atoms with Crippen LogP contribution in [0.15, 0.2) is 39.5 Å². The molecule has 2 rings (SSSR count). The number of esters is 1. The number of amides is 2. The third-order valence-electron chi connectivity index (χ3n) is 4.01. The number of rotatable bonds is 7. The molecule has 2 amide bonds. The van der Waals surface area contributed by atoms with Crippen molar-refractivity contribution in [1.82, 2.24) is 10.2 Å². The molecule has 0 aliphatic carbocycles. The normalized spacial score (nSPS) is 11.7. The summed E-state index contributed by atoms with van der Waals surface area (Å²) in [5.74, 6) is -1.88. The number of carbonyl (C=O) groups is 3. The molecule has 0 aliphatic rings. The van der Waals surface area contributed by atoms with Crippen LogP contribution >= 0.6 is 0 Å². The molecule has 0 saturated carbocycles. The van der Waals surface area contributed by atoms with E-state index in [1.807, 2.05) is 0 Å². The highest BCUT2D eigenvalue weighted by molar-refractivity contribution is 5.96. The van der Waals surface area contributed by atoms with Crippen LogP contribution in [0.2, 0.25) is 0 Å². The molecule has 8 heteroatoms. The number of methoxy groups -OCH3 is 1. The molecular weight excluding hydrogens is 352 g/mol. The summed E-state index contributed by atoms with van der Waals surface area (Å²) >= 11 is 0. The minimum absolute atomic E-state index is 0.0390. The lowest BCUT2D eigenvalue weighted by molar-refractivity contribution is -0.145. The molecule has 1 aromatic heterocycles. The Hall–Kier alpha value is -3.16. The molecule has 0 spiro atoms. The van der Waals surface area contributed by atoms with Gasteiger partial charge in [-0.05, 0) is 12.1 Å². The van der Waals surface area contributed by atoms with E-state index >= 15 is 0 Å². The van der Waals surface area contributed by atoms with E-state index in [-0.39, 0.29) is 31.1 Å². The fourth-order valence-electron chi connectivity index (χ4n) is 2.63. The first-order valence-electron chi connectivity index (χ1n) is 8.48. The molecular formula is C19H22N2O6. The van der Waals surface area contributed by atoms with Gasteiger partial charge >= 0.3 is 11.6 Å². The Morgan fingerprint density at radius 2 is 1.96 bits per heavy atom. The predicted molar refractivity (Wildman–Crippen MR) is 98.3 cm³/mol. The largest absolute Gasteiger partial charge is 0.469 e. The lowest BCUT2D eigenvalue weighted by atomic mass is 10.1. The topological polar surface area (TPSA) is 106 Å². The lowest BCUT2D eigenvalue weighted by Gasteiger charge is -2.25. The zero-order valence-electron chi connectivity index (χ0n) is 15.5. The smallest absolute Gasteiger partial charge is 0.349 e. The zero-order chi connectivity index (χ0) is 20.0. The van der Waals surface area contributed by atoms with Gasteiger partial charge in [-0.15, -0.1) is 0 Å². The van der Waals surface area contributed by atoms with Gasteiger partial charge < -0.3 is 19.4 Å². The maximum absolute atomic E-state index is 12.9. The molecule has 1 heterocycles. The predicted octanol–water partition coefficient (Wildman–Crippen LogP) is 1.18. The zero-order valence-corrected chi connectivity index (χ0v) is 15.5. The van der Waals surface area contributed by atoms with E-state index in [1.165, 1.54) is 25.0 Å². The number of fused-ring (bicyclic) bond motifs is 1. The van der Waals surface area contributed by atoms with Crippen molar-refractivity contribution < 1.29 is 23.5 Å². The van der Waals surface area contributed by atoms with E-state index in [0.717, 1.165) is 0 Å². The average Bonchev–Trinajstić information content (AvgIpc) is 2.65. The molecule has 0 aliphatic heterocycles. The summed E-state index contributed by atoms with van der Waals surface area (Å²) in [4.78, 5) is 49.3. The highest BCUT2D eigenvalue weighted by atomic mass is 16.5. The Kier molecular flexibility index (Phi) is 6.70. The summed E-state index contributed by atoms with van der Waals surface area (Å²) in [7, 11) is 1.26. The van der Waals surface area contributed by atoms with Crippen molar-refractivity contribution in [2.24, 2.45) is 5.92 Å². The number of nitrogens with one attached hydrogen (secondary N) is 1. The van der Waals surface area contributed by atoms with Crippen molar-refractivity contribution in [2.45, 2.75) is 13.8 Å². The molecule has 8 nitrogen and oxygen atoms in total. The molecule has 0 radical (unpaired) electrons. The molecule has 2 aromatic rings. The summed E-state index contributed by atoms with van der Waals surface area (Å²) in [5, 5.41) is 3.21.